The summed E-state index contributed by atoms with van der Waals surface area (Å²) in [6.07, 6.45) is 0. The Morgan fingerprint density at radius 2 is 2.05 bits per heavy atom. The van der Waals surface area contributed by atoms with Gasteiger partial charge in [0.15, 0.2) is 0 Å². The van der Waals surface area contributed by atoms with E-state index in [0.717, 1.165) is 5.56 Å². The zero-order valence-electron chi connectivity index (χ0n) is 12.0. The molecule has 1 aromatic rings. The normalized spacial score (nSPS) is 17.8. The van der Waals surface area contributed by atoms with Crippen LogP contribution in [0.25, 0.3) is 0 Å². The van der Waals surface area contributed by atoms with Crippen molar-refractivity contribution < 1.29 is 14.7 Å². The van der Waals surface area contributed by atoms with Gasteiger partial charge in [0.1, 0.15) is 0 Å². The molecule has 6 heteroatoms. The van der Waals surface area contributed by atoms with Gasteiger partial charge in [-0.05, 0) is 24.6 Å². The Hall–Kier alpha value is -1.75. The number of carboxylic acids is 1. The molecule has 1 aliphatic rings. The summed E-state index contributed by atoms with van der Waals surface area (Å²) in [5.41, 5.74) is 0.937. The predicted octanol–water partition coefficient (Wildman–Crippen LogP) is 2.76. The fourth-order valence-corrected chi connectivity index (χ4v) is 2.53. The van der Waals surface area contributed by atoms with Crippen LogP contribution < -0.4 is 5.32 Å². The van der Waals surface area contributed by atoms with Gasteiger partial charge in [0.05, 0.1) is 12.0 Å². The highest BCUT2D eigenvalue weighted by atomic mass is 35.5. The maximum atomic E-state index is 12.1. The van der Waals surface area contributed by atoms with Crippen molar-refractivity contribution in [1.82, 2.24) is 10.2 Å². The minimum atomic E-state index is -0.813. The van der Waals surface area contributed by atoms with E-state index in [1.807, 2.05) is 25.1 Å². The van der Waals surface area contributed by atoms with Crippen LogP contribution in [0.3, 0.4) is 0 Å². The molecule has 0 spiro atoms. The number of aliphatic carboxylic acids is 1. The molecule has 1 fully saturated rings. The maximum absolute atomic E-state index is 12.1. The second-order valence-electron chi connectivity index (χ2n) is 5.52. The lowest BCUT2D eigenvalue weighted by atomic mass is 9.87. The third-order valence-corrected chi connectivity index (χ3v) is 4.22. The van der Waals surface area contributed by atoms with Gasteiger partial charge in [-0.2, -0.15) is 0 Å². The monoisotopic (exact) mass is 310 g/mol. The van der Waals surface area contributed by atoms with Crippen LogP contribution >= 0.6 is 11.6 Å². The van der Waals surface area contributed by atoms with E-state index in [0.29, 0.717) is 18.1 Å². The van der Waals surface area contributed by atoms with Crippen molar-refractivity contribution in [2.24, 2.45) is 11.8 Å². The smallest absolute Gasteiger partial charge is 0.317 e. The van der Waals surface area contributed by atoms with E-state index in [1.54, 1.807) is 17.9 Å². The number of rotatable bonds is 4. The van der Waals surface area contributed by atoms with Gasteiger partial charge in [0.25, 0.3) is 0 Å². The van der Waals surface area contributed by atoms with Gasteiger partial charge in [0.2, 0.25) is 0 Å². The number of carboxylic acid groups (broad SMARTS) is 1. The summed E-state index contributed by atoms with van der Waals surface area (Å²) >= 11 is 5.93. The van der Waals surface area contributed by atoms with Crippen molar-refractivity contribution in [3.63, 3.8) is 0 Å². The molecule has 0 aliphatic carbocycles. The number of hydrogen-bond donors (Lipinski definition) is 2. The van der Waals surface area contributed by atoms with Gasteiger partial charge in [-0.3, -0.25) is 4.79 Å². The third kappa shape index (κ3) is 3.67. The molecule has 0 aromatic heterocycles. The Bertz CT molecular complexity index is 543. The molecule has 0 saturated carbocycles. The van der Waals surface area contributed by atoms with Crippen LogP contribution in [-0.2, 0) is 4.79 Å². The molecule has 2 amide bonds. The fraction of sp³-hybridized carbons (Fsp3) is 0.467. The van der Waals surface area contributed by atoms with Crippen LogP contribution in [0, 0.1) is 11.8 Å². The highest BCUT2D eigenvalue weighted by Gasteiger charge is 2.37. The average molecular weight is 311 g/mol. The number of amides is 2. The first-order chi connectivity index (χ1) is 9.88. The third-order valence-electron chi connectivity index (χ3n) is 3.98. The number of likely N-dealkylation sites (tertiary alicyclic amines) is 1. The first-order valence-electron chi connectivity index (χ1n) is 6.92. The Labute approximate surface area is 128 Å². The van der Waals surface area contributed by atoms with E-state index >= 15 is 0 Å². The first kappa shape index (κ1) is 15.6. The minimum Gasteiger partial charge on any atom is -0.481 e. The molecule has 1 saturated heterocycles. The lowest BCUT2D eigenvalue weighted by Gasteiger charge is -2.41. The zero-order valence-corrected chi connectivity index (χ0v) is 12.8. The molecule has 1 aliphatic heterocycles. The van der Waals surface area contributed by atoms with E-state index in [4.69, 9.17) is 16.7 Å². The Balaban J connectivity index is 1.85. The van der Waals surface area contributed by atoms with Gasteiger partial charge in [0, 0.05) is 24.0 Å². The zero-order chi connectivity index (χ0) is 15.6. The van der Waals surface area contributed by atoms with Gasteiger partial charge in [-0.25, -0.2) is 4.79 Å². The fourth-order valence-electron chi connectivity index (χ4n) is 2.33. The standard InChI is InChI=1S/C15H19ClN2O3/c1-9(14(19)20)12-7-18(8-12)15(21)17-10(2)11-4-3-5-13(16)6-11/h3-6,9-10,12H,7-8H2,1-2H3,(H,17,21)(H,19,20). The Morgan fingerprint density at radius 1 is 1.38 bits per heavy atom. The summed E-state index contributed by atoms with van der Waals surface area (Å²) in [6, 6.07) is 7.03. The van der Waals surface area contributed by atoms with Crippen LogP contribution in [0.4, 0.5) is 4.79 Å². The van der Waals surface area contributed by atoms with Crippen LogP contribution in [-0.4, -0.2) is 35.1 Å². The van der Waals surface area contributed by atoms with Crippen molar-refractivity contribution in [1.29, 1.82) is 0 Å². The summed E-state index contributed by atoms with van der Waals surface area (Å²) < 4.78 is 0. The van der Waals surface area contributed by atoms with Gasteiger partial charge in [-0.1, -0.05) is 30.7 Å². The molecule has 2 atom stereocenters. The quantitative estimate of drug-likeness (QED) is 0.898. The SMILES string of the molecule is CC(NC(=O)N1CC(C(C)C(=O)O)C1)c1cccc(Cl)c1. The minimum absolute atomic E-state index is 0.0368. The van der Waals surface area contributed by atoms with Crippen LogP contribution in [0.15, 0.2) is 24.3 Å². The Morgan fingerprint density at radius 3 is 2.62 bits per heavy atom. The molecular formula is C15H19ClN2O3. The molecule has 114 valence electrons. The molecule has 1 heterocycles. The summed E-state index contributed by atoms with van der Waals surface area (Å²) in [5.74, 6) is -1.19. The van der Waals surface area contributed by atoms with Crippen molar-refractivity contribution in [2.75, 3.05) is 13.1 Å². The Kier molecular flexibility index (Phi) is 4.73. The lowest BCUT2D eigenvalue weighted by Crippen LogP contribution is -2.56. The summed E-state index contributed by atoms with van der Waals surface area (Å²) in [6.45, 7) is 4.54. The molecule has 2 N–H and O–H groups in total. The number of nitrogens with zero attached hydrogens (tertiary/aromatic N) is 1. The largest absolute Gasteiger partial charge is 0.481 e. The summed E-state index contributed by atoms with van der Waals surface area (Å²) in [4.78, 5) is 24.6. The van der Waals surface area contributed by atoms with Crippen LogP contribution in [0.5, 0.6) is 0 Å². The van der Waals surface area contributed by atoms with Crippen LogP contribution in [0.1, 0.15) is 25.5 Å². The number of carbonyl (C=O) groups is 2. The maximum Gasteiger partial charge on any atom is 0.317 e. The summed E-state index contributed by atoms with van der Waals surface area (Å²) in [7, 11) is 0. The summed E-state index contributed by atoms with van der Waals surface area (Å²) in [5, 5.41) is 12.5. The van der Waals surface area contributed by atoms with Gasteiger partial charge < -0.3 is 15.3 Å². The molecule has 0 bridgehead atoms. The molecule has 5 nitrogen and oxygen atoms in total. The van der Waals surface area contributed by atoms with Crippen LogP contribution in [0.2, 0.25) is 5.02 Å². The number of benzene rings is 1. The molecule has 1 aromatic carbocycles. The highest BCUT2D eigenvalue weighted by Crippen LogP contribution is 2.25. The molecule has 2 unspecified atom stereocenters. The number of carbonyl (C=O) groups excluding carboxylic acids is 1. The first-order valence-corrected chi connectivity index (χ1v) is 7.30. The average Bonchev–Trinajstić information content (AvgIpc) is 2.36. The van der Waals surface area contributed by atoms with Gasteiger partial charge >= 0.3 is 12.0 Å². The predicted molar refractivity (Wildman–Crippen MR) is 80.3 cm³/mol. The number of halogens is 1. The number of urea groups is 1. The van der Waals surface area contributed by atoms with E-state index in [1.165, 1.54) is 0 Å². The molecule has 0 radical (unpaired) electrons. The van der Waals surface area contributed by atoms with E-state index < -0.39 is 11.9 Å². The highest BCUT2D eigenvalue weighted by molar-refractivity contribution is 6.30. The molecule has 21 heavy (non-hydrogen) atoms. The second kappa shape index (κ2) is 6.35. The number of nitrogens with one attached hydrogen (secondary N) is 1. The second-order valence-corrected chi connectivity index (χ2v) is 5.95. The topological polar surface area (TPSA) is 69.6 Å². The molecule has 2 rings (SSSR count). The van der Waals surface area contributed by atoms with Crippen molar-refractivity contribution in [2.45, 2.75) is 19.9 Å². The van der Waals surface area contributed by atoms with Crippen molar-refractivity contribution in [3.05, 3.63) is 34.9 Å². The van der Waals surface area contributed by atoms with Crippen molar-refractivity contribution >= 4 is 23.6 Å². The number of hydrogen-bond acceptors (Lipinski definition) is 2. The molecular weight excluding hydrogens is 292 g/mol. The van der Waals surface area contributed by atoms with Gasteiger partial charge in [-0.15, -0.1) is 0 Å². The van der Waals surface area contributed by atoms with E-state index in [2.05, 4.69) is 5.32 Å². The van der Waals surface area contributed by atoms with E-state index in [-0.39, 0.29) is 18.0 Å². The van der Waals surface area contributed by atoms with E-state index in [9.17, 15) is 9.59 Å². The lowest BCUT2D eigenvalue weighted by molar-refractivity contribution is -0.144. The van der Waals surface area contributed by atoms with Crippen molar-refractivity contribution in [3.8, 4) is 0 Å².